The van der Waals surface area contributed by atoms with Gasteiger partial charge in [0.1, 0.15) is 5.78 Å². The smallest absolute Gasteiger partial charge is 0.130 e. The molecule has 0 aliphatic rings. The molecule has 1 rings (SSSR count). The summed E-state index contributed by atoms with van der Waals surface area (Å²) in [5.74, 6) is 0.213. The fraction of sp³-hybridized carbons (Fsp3) is 0.417. The second kappa shape index (κ2) is 4.91. The van der Waals surface area contributed by atoms with Crippen molar-refractivity contribution >= 4 is 5.78 Å². The van der Waals surface area contributed by atoms with Crippen LogP contribution in [0.4, 0.5) is 0 Å². The average Bonchev–Trinajstić information content (AvgIpc) is 2.15. The molecule has 0 heterocycles. The zero-order valence-corrected chi connectivity index (χ0v) is 8.66. The third-order valence-corrected chi connectivity index (χ3v) is 2.23. The first-order chi connectivity index (χ1) is 6.59. The maximum Gasteiger partial charge on any atom is 0.130 e. The number of hydrogen-bond acceptors (Lipinski definition) is 2. The zero-order chi connectivity index (χ0) is 10.6. The van der Waals surface area contributed by atoms with E-state index in [4.69, 9.17) is 0 Å². The fourth-order valence-corrected chi connectivity index (χ4v) is 1.28. The molecule has 0 fully saturated rings. The molecular weight excluding hydrogens is 176 g/mol. The van der Waals surface area contributed by atoms with Crippen molar-refractivity contribution in [1.82, 2.24) is 0 Å². The van der Waals surface area contributed by atoms with Crippen LogP contribution in [0.3, 0.4) is 0 Å². The Morgan fingerprint density at radius 3 is 2.36 bits per heavy atom. The summed E-state index contributed by atoms with van der Waals surface area (Å²) < 4.78 is 0. The van der Waals surface area contributed by atoms with Crippen LogP contribution in [0, 0.1) is 0 Å². The lowest BCUT2D eigenvalue weighted by atomic mass is 10.0. The topological polar surface area (TPSA) is 37.3 Å². The van der Waals surface area contributed by atoms with Gasteiger partial charge in [-0.05, 0) is 31.4 Å². The van der Waals surface area contributed by atoms with E-state index in [0.29, 0.717) is 6.42 Å². The Hall–Kier alpha value is -1.15. The number of carbonyl (C=O) groups is 1. The Kier molecular flexibility index (Phi) is 3.84. The standard InChI is InChI=1S/C12H16O2/c1-9(13)3-4-11-5-7-12(8-6-11)10(2)14/h5-8,10,14H,3-4H2,1-2H3. The van der Waals surface area contributed by atoms with Gasteiger partial charge in [0.25, 0.3) is 0 Å². The minimum Gasteiger partial charge on any atom is -0.389 e. The van der Waals surface area contributed by atoms with E-state index in [2.05, 4.69) is 0 Å². The maximum absolute atomic E-state index is 10.8. The lowest BCUT2D eigenvalue weighted by Gasteiger charge is -2.05. The second-order valence-electron chi connectivity index (χ2n) is 3.62. The molecule has 1 N–H and O–H groups in total. The third kappa shape index (κ3) is 3.30. The number of benzene rings is 1. The van der Waals surface area contributed by atoms with E-state index in [1.54, 1.807) is 13.8 Å². The Morgan fingerprint density at radius 2 is 1.93 bits per heavy atom. The van der Waals surface area contributed by atoms with Gasteiger partial charge >= 0.3 is 0 Å². The number of aliphatic hydroxyl groups excluding tert-OH is 1. The highest BCUT2D eigenvalue weighted by molar-refractivity contribution is 5.75. The second-order valence-corrected chi connectivity index (χ2v) is 3.62. The van der Waals surface area contributed by atoms with Crippen LogP contribution in [0.5, 0.6) is 0 Å². The van der Waals surface area contributed by atoms with Gasteiger partial charge in [0.05, 0.1) is 6.10 Å². The van der Waals surface area contributed by atoms with Gasteiger partial charge < -0.3 is 9.90 Å². The minimum absolute atomic E-state index is 0.213. The monoisotopic (exact) mass is 192 g/mol. The molecule has 1 aromatic carbocycles. The first-order valence-electron chi connectivity index (χ1n) is 4.86. The Labute approximate surface area is 84.6 Å². The lowest BCUT2D eigenvalue weighted by Crippen LogP contribution is -1.95. The van der Waals surface area contributed by atoms with Crippen molar-refractivity contribution in [3.8, 4) is 0 Å². The van der Waals surface area contributed by atoms with E-state index >= 15 is 0 Å². The molecule has 1 atom stereocenters. The van der Waals surface area contributed by atoms with Crippen LogP contribution in [0.25, 0.3) is 0 Å². The van der Waals surface area contributed by atoms with Gasteiger partial charge in [-0.15, -0.1) is 0 Å². The molecular formula is C12H16O2. The molecule has 0 spiro atoms. The van der Waals surface area contributed by atoms with Gasteiger partial charge in [-0.1, -0.05) is 24.3 Å². The van der Waals surface area contributed by atoms with E-state index in [1.165, 1.54) is 0 Å². The van der Waals surface area contributed by atoms with Gasteiger partial charge in [-0.3, -0.25) is 0 Å². The zero-order valence-electron chi connectivity index (χ0n) is 8.66. The first kappa shape index (κ1) is 10.9. The minimum atomic E-state index is -0.420. The molecule has 0 saturated heterocycles. The van der Waals surface area contributed by atoms with Crippen molar-refractivity contribution in [2.45, 2.75) is 32.8 Å². The summed E-state index contributed by atoms with van der Waals surface area (Å²) in [5, 5.41) is 9.28. The summed E-state index contributed by atoms with van der Waals surface area (Å²) in [6, 6.07) is 7.73. The quantitative estimate of drug-likeness (QED) is 0.794. The molecule has 14 heavy (non-hydrogen) atoms. The van der Waals surface area contributed by atoms with Gasteiger partial charge in [0, 0.05) is 6.42 Å². The Morgan fingerprint density at radius 1 is 1.36 bits per heavy atom. The molecule has 1 unspecified atom stereocenters. The van der Waals surface area contributed by atoms with Crippen molar-refractivity contribution in [3.05, 3.63) is 35.4 Å². The summed E-state index contributed by atoms with van der Waals surface area (Å²) in [4.78, 5) is 10.8. The number of carbonyl (C=O) groups excluding carboxylic acids is 1. The van der Waals surface area contributed by atoms with Crippen LogP contribution in [0.15, 0.2) is 24.3 Å². The van der Waals surface area contributed by atoms with E-state index in [1.807, 2.05) is 24.3 Å². The molecule has 2 nitrogen and oxygen atoms in total. The largest absolute Gasteiger partial charge is 0.389 e. The first-order valence-corrected chi connectivity index (χ1v) is 4.86. The number of hydrogen-bond donors (Lipinski definition) is 1. The summed E-state index contributed by atoms with van der Waals surface area (Å²) >= 11 is 0. The Bertz CT molecular complexity index is 299. The SMILES string of the molecule is CC(=O)CCc1ccc(C(C)O)cc1. The summed E-state index contributed by atoms with van der Waals surface area (Å²) in [6.07, 6.45) is 0.959. The molecule has 76 valence electrons. The van der Waals surface area contributed by atoms with Gasteiger partial charge in [0.2, 0.25) is 0 Å². The normalized spacial score (nSPS) is 12.5. The van der Waals surface area contributed by atoms with E-state index in [9.17, 15) is 9.90 Å². The van der Waals surface area contributed by atoms with Crippen molar-refractivity contribution in [2.24, 2.45) is 0 Å². The number of aliphatic hydroxyl groups is 1. The number of aryl methyl sites for hydroxylation is 1. The highest BCUT2D eigenvalue weighted by Gasteiger charge is 2.00. The van der Waals surface area contributed by atoms with Crippen molar-refractivity contribution in [2.75, 3.05) is 0 Å². The van der Waals surface area contributed by atoms with E-state index in [0.717, 1.165) is 17.5 Å². The average molecular weight is 192 g/mol. The molecule has 0 aliphatic heterocycles. The summed E-state index contributed by atoms with van der Waals surface area (Å²) in [5.41, 5.74) is 2.06. The van der Waals surface area contributed by atoms with Crippen LogP contribution < -0.4 is 0 Å². The van der Waals surface area contributed by atoms with Gasteiger partial charge in [-0.25, -0.2) is 0 Å². The molecule has 0 radical (unpaired) electrons. The fourth-order valence-electron chi connectivity index (χ4n) is 1.28. The van der Waals surface area contributed by atoms with Crippen LogP contribution in [-0.2, 0) is 11.2 Å². The predicted molar refractivity (Wildman–Crippen MR) is 56.1 cm³/mol. The molecule has 0 aromatic heterocycles. The molecule has 2 heteroatoms. The highest BCUT2D eigenvalue weighted by Crippen LogP contribution is 2.13. The molecule has 0 amide bonds. The van der Waals surface area contributed by atoms with E-state index < -0.39 is 6.10 Å². The molecule has 0 bridgehead atoms. The summed E-state index contributed by atoms with van der Waals surface area (Å²) in [6.45, 7) is 3.34. The van der Waals surface area contributed by atoms with Crippen molar-refractivity contribution < 1.29 is 9.90 Å². The number of rotatable bonds is 4. The highest BCUT2D eigenvalue weighted by atomic mass is 16.3. The maximum atomic E-state index is 10.8. The van der Waals surface area contributed by atoms with Crippen LogP contribution in [0.1, 0.15) is 37.5 Å². The van der Waals surface area contributed by atoms with Crippen LogP contribution in [0.2, 0.25) is 0 Å². The number of Topliss-reactive ketones (excluding diaryl/α,β-unsaturated/α-hetero) is 1. The third-order valence-electron chi connectivity index (χ3n) is 2.23. The predicted octanol–water partition coefficient (Wildman–Crippen LogP) is 2.26. The number of ketones is 1. The Balaban J connectivity index is 2.59. The van der Waals surface area contributed by atoms with Crippen molar-refractivity contribution in [1.29, 1.82) is 0 Å². The molecule has 1 aromatic rings. The summed E-state index contributed by atoms with van der Waals surface area (Å²) in [7, 11) is 0. The van der Waals surface area contributed by atoms with E-state index in [-0.39, 0.29) is 5.78 Å². The van der Waals surface area contributed by atoms with Gasteiger partial charge in [-0.2, -0.15) is 0 Å². The van der Waals surface area contributed by atoms with Crippen LogP contribution in [-0.4, -0.2) is 10.9 Å². The lowest BCUT2D eigenvalue weighted by molar-refractivity contribution is -0.116. The van der Waals surface area contributed by atoms with Gasteiger partial charge in [0.15, 0.2) is 0 Å². The van der Waals surface area contributed by atoms with Crippen molar-refractivity contribution in [3.63, 3.8) is 0 Å². The van der Waals surface area contributed by atoms with Crippen LogP contribution >= 0.6 is 0 Å². The molecule has 0 aliphatic carbocycles. The molecule has 0 saturated carbocycles.